The lowest BCUT2D eigenvalue weighted by Gasteiger charge is -2.73. The lowest BCUT2D eigenvalue weighted by atomic mass is 9.31. The second kappa shape index (κ2) is 7.19. The Balaban J connectivity index is 1.56. The van der Waals surface area contributed by atoms with E-state index in [4.69, 9.17) is 0 Å². The molecule has 0 amide bonds. The molecule has 186 valence electrons. The van der Waals surface area contributed by atoms with Gasteiger partial charge in [0.15, 0.2) is 0 Å². The molecular weight excluding hydrogens is 408 g/mol. The van der Waals surface area contributed by atoms with Crippen LogP contribution in [-0.4, -0.2) is 28.7 Å². The number of aliphatic hydroxyl groups excluding tert-OH is 2. The Morgan fingerprint density at radius 3 is 2.18 bits per heavy atom. The molecule has 3 heteroatoms. The summed E-state index contributed by atoms with van der Waals surface area (Å²) in [7, 11) is 0. The predicted octanol–water partition coefficient (Wildman–Crippen LogP) is 6.17. The Bertz CT molecular complexity index is 861. The van der Waals surface area contributed by atoms with Gasteiger partial charge in [-0.3, -0.25) is 4.79 Å². The van der Waals surface area contributed by atoms with Crippen LogP contribution in [0.1, 0.15) is 99.8 Å². The molecule has 0 aliphatic heterocycles. The monoisotopic (exact) mass is 456 g/mol. The SMILES string of the molecule is C[C@@H]1C(C=O)=C[C@H](O)[C@]2(C)CC[C@]3(C)[C@H](CC[C@@H]4[C@@]5(C)CC[C@H](O)C(C)(C)[C@@H]5CC[C@]43C)[C@@H]12. The number of allylic oxidation sites excluding steroid dienone is 1. The Morgan fingerprint density at radius 2 is 1.52 bits per heavy atom. The maximum absolute atomic E-state index is 11.9. The molecule has 5 aliphatic rings. The Labute approximate surface area is 201 Å². The zero-order valence-corrected chi connectivity index (χ0v) is 22.2. The highest BCUT2D eigenvalue weighted by molar-refractivity contribution is 5.74. The fraction of sp³-hybridized carbons (Fsp3) is 0.900. The number of aldehydes is 1. The van der Waals surface area contributed by atoms with Gasteiger partial charge in [-0.1, -0.05) is 48.5 Å². The van der Waals surface area contributed by atoms with E-state index in [1.54, 1.807) is 0 Å². The van der Waals surface area contributed by atoms with Crippen molar-refractivity contribution >= 4 is 6.29 Å². The average molecular weight is 457 g/mol. The quantitative estimate of drug-likeness (QED) is 0.464. The highest BCUT2D eigenvalue weighted by Gasteiger charge is 2.70. The molecule has 0 aromatic heterocycles. The third-order valence-corrected chi connectivity index (χ3v) is 13.5. The van der Waals surface area contributed by atoms with E-state index in [0.29, 0.717) is 23.7 Å². The second-order valence-corrected chi connectivity index (χ2v) is 14.6. The fourth-order valence-corrected chi connectivity index (χ4v) is 11.3. The van der Waals surface area contributed by atoms with E-state index in [2.05, 4.69) is 48.5 Å². The normalized spacial score (nSPS) is 57.6. The Hall–Kier alpha value is -0.670. The highest BCUT2D eigenvalue weighted by Crippen LogP contribution is 2.76. The van der Waals surface area contributed by atoms with Crippen molar-refractivity contribution in [2.24, 2.45) is 56.7 Å². The molecule has 33 heavy (non-hydrogen) atoms. The van der Waals surface area contributed by atoms with E-state index in [1.165, 1.54) is 32.1 Å². The van der Waals surface area contributed by atoms with Crippen LogP contribution >= 0.6 is 0 Å². The van der Waals surface area contributed by atoms with Crippen molar-refractivity contribution in [3.63, 3.8) is 0 Å². The molecular formula is C30H48O3. The first-order valence-corrected chi connectivity index (χ1v) is 13.8. The molecule has 0 unspecified atom stereocenters. The summed E-state index contributed by atoms with van der Waals surface area (Å²) in [5.74, 6) is 2.40. The van der Waals surface area contributed by atoms with Crippen LogP contribution in [-0.2, 0) is 4.79 Å². The average Bonchev–Trinajstić information content (AvgIpc) is 2.74. The summed E-state index contributed by atoms with van der Waals surface area (Å²) in [6.07, 6.45) is 11.4. The first-order valence-electron chi connectivity index (χ1n) is 13.8. The first-order chi connectivity index (χ1) is 15.3. The summed E-state index contributed by atoms with van der Waals surface area (Å²) in [6.45, 7) is 17.0. The molecule has 0 bridgehead atoms. The summed E-state index contributed by atoms with van der Waals surface area (Å²) in [5.41, 5.74) is 1.47. The zero-order valence-electron chi connectivity index (χ0n) is 22.2. The summed E-state index contributed by atoms with van der Waals surface area (Å²) in [4.78, 5) is 11.9. The molecule has 0 aromatic carbocycles. The second-order valence-electron chi connectivity index (χ2n) is 14.6. The van der Waals surface area contributed by atoms with Crippen molar-refractivity contribution in [1.82, 2.24) is 0 Å². The van der Waals surface area contributed by atoms with Crippen molar-refractivity contribution in [1.29, 1.82) is 0 Å². The van der Waals surface area contributed by atoms with Crippen LogP contribution in [0.25, 0.3) is 0 Å². The number of rotatable bonds is 1. The zero-order chi connectivity index (χ0) is 24.2. The molecule has 5 rings (SSSR count). The number of aliphatic hydroxyl groups is 2. The van der Waals surface area contributed by atoms with E-state index < -0.39 is 6.10 Å². The summed E-state index contributed by atoms with van der Waals surface area (Å²) in [6, 6.07) is 0. The van der Waals surface area contributed by atoms with E-state index >= 15 is 0 Å². The van der Waals surface area contributed by atoms with Crippen molar-refractivity contribution in [2.75, 3.05) is 0 Å². The van der Waals surface area contributed by atoms with Gasteiger partial charge in [-0.25, -0.2) is 0 Å². The molecule has 4 fully saturated rings. The molecule has 0 spiro atoms. The van der Waals surface area contributed by atoms with Crippen LogP contribution in [0.4, 0.5) is 0 Å². The minimum Gasteiger partial charge on any atom is -0.393 e. The van der Waals surface area contributed by atoms with E-state index in [1.807, 2.05) is 6.08 Å². The highest BCUT2D eigenvalue weighted by atomic mass is 16.3. The lowest BCUT2D eigenvalue weighted by Crippen LogP contribution is -2.68. The maximum atomic E-state index is 11.9. The molecule has 0 aromatic rings. The molecule has 4 saturated carbocycles. The topological polar surface area (TPSA) is 57.5 Å². The first kappa shape index (κ1) is 24.0. The van der Waals surface area contributed by atoms with Crippen molar-refractivity contribution in [3.8, 4) is 0 Å². The minimum atomic E-state index is -0.511. The summed E-state index contributed by atoms with van der Waals surface area (Å²) >= 11 is 0. The van der Waals surface area contributed by atoms with Crippen LogP contribution in [0.2, 0.25) is 0 Å². The smallest absolute Gasteiger partial charge is 0.146 e. The van der Waals surface area contributed by atoms with Gasteiger partial charge in [-0.15, -0.1) is 0 Å². The van der Waals surface area contributed by atoms with Crippen LogP contribution in [0, 0.1) is 56.7 Å². The molecule has 5 aliphatic carbocycles. The van der Waals surface area contributed by atoms with Crippen molar-refractivity contribution in [2.45, 2.75) is 112 Å². The van der Waals surface area contributed by atoms with Gasteiger partial charge in [0.25, 0.3) is 0 Å². The molecule has 11 atom stereocenters. The van der Waals surface area contributed by atoms with Crippen LogP contribution in [0.5, 0.6) is 0 Å². The molecule has 0 saturated heterocycles. The number of hydrogen-bond donors (Lipinski definition) is 2. The third kappa shape index (κ3) is 2.79. The molecule has 2 N–H and O–H groups in total. The molecule has 0 radical (unpaired) electrons. The lowest BCUT2D eigenvalue weighted by molar-refractivity contribution is -0.255. The van der Waals surface area contributed by atoms with Gasteiger partial charge in [-0.2, -0.15) is 0 Å². The van der Waals surface area contributed by atoms with Gasteiger partial charge in [0, 0.05) is 5.41 Å². The fourth-order valence-electron chi connectivity index (χ4n) is 11.3. The van der Waals surface area contributed by atoms with E-state index in [9.17, 15) is 15.0 Å². The van der Waals surface area contributed by atoms with Crippen LogP contribution in [0.3, 0.4) is 0 Å². The summed E-state index contributed by atoms with van der Waals surface area (Å²) in [5, 5.41) is 22.1. The van der Waals surface area contributed by atoms with Gasteiger partial charge in [0.05, 0.1) is 12.2 Å². The van der Waals surface area contributed by atoms with Gasteiger partial charge >= 0.3 is 0 Å². The predicted molar refractivity (Wildman–Crippen MR) is 132 cm³/mol. The van der Waals surface area contributed by atoms with Gasteiger partial charge in [0.2, 0.25) is 0 Å². The number of hydrogen-bond acceptors (Lipinski definition) is 3. The molecule has 3 nitrogen and oxygen atoms in total. The van der Waals surface area contributed by atoms with E-state index in [0.717, 1.165) is 31.1 Å². The number of fused-ring (bicyclic) bond motifs is 7. The van der Waals surface area contributed by atoms with Gasteiger partial charge in [-0.05, 0) is 114 Å². The third-order valence-electron chi connectivity index (χ3n) is 13.5. The maximum Gasteiger partial charge on any atom is 0.146 e. The van der Waals surface area contributed by atoms with Gasteiger partial charge in [0.1, 0.15) is 6.29 Å². The van der Waals surface area contributed by atoms with Crippen LogP contribution < -0.4 is 0 Å². The largest absolute Gasteiger partial charge is 0.393 e. The van der Waals surface area contributed by atoms with E-state index in [-0.39, 0.29) is 39.1 Å². The summed E-state index contributed by atoms with van der Waals surface area (Å²) < 4.78 is 0. The van der Waals surface area contributed by atoms with Crippen molar-refractivity contribution in [3.05, 3.63) is 11.6 Å². The number of carbonyl (C=O) groups is 1. The van der Waals surface area contributed by atoms with Crippen molar-refractivity contribution < 1.29 is 15.0 Å². The van der Waals surface area contributed by atoms with Gasteiger partial charge < -0.3 is 10.2 Å². The minimum absolute atomic E-state index is 0.0110. The van der Waals surface area contributed by atoms with Crippen LogP contribution in [0.15, 0.2) is 11.6 Å². The molecule has 0 heterocycles. The Morgan fingerprint density at radius 1 is 0.818 bits per heavy atom. The number of carbonyl (C=O) groups excluding carboxylic acids is 1. The standard InChI is InChI=1S/C30H48O3/c1-18-19(17-31)16-24(33)28(5)14-15-29(6)20(25(18)28)8-9-22-27(4)12-11-23(32)26(2,3)21(27)10-13-30(22,29)7/h16-18,20-25,32-33H,8-15H2,1-7H3/t18-,20-,21+,22-,23+,24+,25-,27+,28+,29-,30-/m1/s1. The Kier molecular flexibility index (Phi) is 5.24.